The number of terminal acetylenes is 1. The van der Waals surface area contributed by atoms with Gasteiger partial charge in [-0.15, -0.1) is 12.3 Å². The number of amides is 1. The molecule has 1 amide bonds. The fourth-order valence-corrected chi connectivity index (χ4v) is 5.21. The zero-order valence-corrected chi connectivity index (χ0v) is 18.8. The summed E-state index contributed by atoms with van der Waals surface area (Å²) in [4.78, 5) is 26.4. The second-order valence-electron chi connectivity index (χ2n) is 7.57. The smallest absolute Gasteiger partial charge is 0.245 e. The third kappa shape index (κ3) is 5.18. The zero-order valence-electron chi connectivity index (χ0n) is 17.2. The standard InChI is InChI=1S/C23H22ClFN2O4S/c1-2-3-4-5-6-21(28)17-11-20-22(12-18(17)25)32(30,31)14-19(26)23(29)27(20)13-15-7-9-16(24)10-8-15/h1,7-12,19H,3-6,13-14,26H2/t19-/m0/s1. The molecule has 1 heterocycles. The van der Waals surface area contributed by atoms with Gasteiger partial charge in [0.25, 0.3) is 0 Å². The number of carbonyl (C=O) groups is 2. The summed E-state index contributed by atoms with van der Waals surface area (Å²) < 4.78 is 40.4. The van der Waals surface area contributed by atoms with Crippen LogP contribution in [-0.4, -0.2) is 31.9 Å². The summed E-state index contributed by atoms with van der Waals surface area (Å²) in [5, 5.41) is 0.496. The Morgan fingerprint density at radius 1 is 1.25 bits per heavy atom. The predicted octanol–water partition coefficient (Wildman–Crippen LogP) is 3.50. The molecule has 1 atom stereocenters. The molecule has 9 heteroatoms. The molecule has 2 aromatic carbocycles. The number of unbranched alkanes of at least 4 members (excludes halogenated alkanes) is 2. The number of sulfone groups is 1. The number of Topliss-reactive ketones (excluding diaryl/α,β-unsaturated/α-hetero) is 1. The van der Waals surface area contributed by atoms with Crippen molar-refractivity contribution in [3.05, 3.63) is 58.4 Å². The van der Waals surface area contributed by atoms with Gasteiger partial charge in [-0.1, -0.05) is 23.7 Å². The molecule has 0 bridgehead atoms. The van der Waals surface area contributed by atoms with Crippen molar-refractivity contribution in [2.45, 2.75) is 43.2 Å². The van der Waals surface area contributed by atoms with Gasteiger partial charge < -0.3 is 10.6 Å². The highest BCUT2D eigenvalue weighted by Crippen LogP contribution is 2.34. The average Bonchev–Trinajstić information content (AvgIpc) is 2.81. The Balaban J connectivity index is 2.07. The normalized spacial score (nSPS) is 17.4. The zero-order chi connectivity index (χ0) is 23.5. The van der Waals surface area contributed by atoms with E-state index in [4.69, 9.17) is 23.8 Å². The van der Waals surface area contributed by atoms with Gasteiger partial charge in [0.2, 0.25) is 5.91 Å². The van der Waals surface area contributed by atoms with Crippen molar-refractivity contribution in [1.82, 2.24) is 0 Å². The minimum atomic E-state index is -4.06. The van der Waals surface area contributed by atoms with Crippen molar-refractivity contribution in [2.24, 2.45) is 5.73 Å². The highest BCUT2D eigenvalue weighted by atomic mass is 35.5. The number of hydrogen-bond donors (Lipinski definition) is 1. The lowest BCUT2D eigenvalue weighted by molar-refractivity contribution is -0.119. The SMILES string of the molecule is C#CCCCCC(=O)c1cc2c(cc1F)S(=O)(=O)C[C@H](N)C(=O)N2Cc1ccc(Cl)cc1. The van der Waals surface area contributed by atoms with Crippen LogP contribution in [0.25, 0.3) is 0 Å². The van der Waals surface area contributed by atoms with E-state index in [0.717, 1.165) is 12.1 Å². The highest BCUT2D eigenvalue weighted by Gasteiger charge is 2.37. The molecule has 0 spiro atoms. The van der Waals surface area contributed by atoms with Gasteiger partial charge in [0.05, 0.1) is 34.5 Å². The lowest BCUT2D eigenvalue weighted by Crippen LogP contribution is -2.45. The first-order valence-electron chi connectivity index (χ1n) is 9.98. The number of hydrogen-bond acceptors (Lipinski definition) is 5. The number of ketones is 1. The Labute approximate surface area is 191 Å². The average molecular weight is 477 g/mol. The molecule has 0 aromatic heterocycles. The topological polar surface area (TPSA) is 97.5 Å². The number of halogens is 2. The summed E-state index contributed by atoms with van der Waals surface area (Å²) in [5.41, 5.74) is 6.18. The third-order valence-electron chi connectivity index (χ3n) is 5.19. The summed E-state index contributed by atoms with van der Waals surface area (Å²) >= 11 is 5.92. The van der Waals surface area contributed by atoms with Gasteiger partial charge in [0, 0.05) is 17.9 Å². The van der Waals surface area contributed by atoms with Crippen LogP contribution in [0.15, 0.2) is 41.3 Å². The van der Waals surface area contributed by atoms with Gasteiger partial charge >= 0.3 is 0 Å². The summed E-state index contributed by atoms with van der Waals surface area (Å²) in [7, 11) is -4.06. The molecule has 0 saturated heterocycles. The largest absolute Gasteiger partial charge is 0.319 e. The van der Waals surface area contributed by atoms with Crippen LogP contribution in [0.2, 0.25) is 5.02 Å². The first kappa shape index (κ1) is 23.9. The van der Waals surface area contributed by atoms with Gasteiger partial charge in [-0.2, -0.15) is 0 Å². The van der Waals surface area contributed by atoms with Gasteiger partial charge in [-0.3, -0.25) is 9.59 Å². The van der Waals surface area contributed by atoms with Crippen molar-refractivity contribution < 1.29 is 22.4 Å². The van der Waals surface area contributed by atoms with E-state index in [2.05, 4.69) is 5.92 Å². The maximum atomic E-state index is 14.8. The molecule has 32 heavy (non-hydrogen) atoms. The van der Waals surface area contributed by atoms with E-state index in [9.17, 15) is 22.4 Å². The lowest BCUT2D eigenvalue weighted by Gasteiger charge is -2.25. The Bertz CT molecular complexity index is 1190. The maximum Gasteiger partial charge on any atom is 0.245 e. The van der Waals surface area contributed by atoms with Crippen LogP contribution in [0, 0.1) is 18.2 Å². The lowest BCUT2D eigenvalue weighted by atomic mass is 10.0. The number of nitrogens with two attached hydrogens (primary N) is 1. The monoisotopic (exact) mass is 476 g/mol. The molecule has 0 fully saturated rings. The van der Waals surface area contributed by atoms with E-state index >= 15 is 0 Å². The van der Waals surface area contributed by atoms with Crippen LogP contribution < -0.4 is 10.6 Å². The number of nitrogens with zero attached hydrogens (tertiary/aromatic N) is 1. The van der Waals surface area contributed by atoms with E-state index in [0.29, 0.717) is 29.8 Å². The summed E-state index contributed by atoms with van der Waals surface area (Å²) in [6, 6.07) is 7.24. The van der Waals surface area contributed by atoms with E-state index < -0.39 is 39.1 Å². The first-order chi connectivity index (χ1) is 15.1. The van der Waals surface area contributed by atoms with Crippen LogP contribution in [0.3, 0.4) is 0 Å². The number of fused-ring (bicyclic) bond motifs is 1. The van der Waals surface area contributed by atoms with E-state index in [-0.39, 0.29) is 29.1 Å². The minimum Gasteiger partial charge on any atom is -0.319 e. The second-order valence-corrected chi connectivity index (χ2v) is 10.0. The van der Waals surface area contributed by atoms with Crippen molar-refractivity contribution in [3.63, 3.8) is 0 Å². The van der Waals surface area contributed by atoms with Gasteiger partial charge in [0.1, 0.15) is 5.82 Å². The Kier molecular flexibility index (Phi) is 7.34. The number of benzene rings is 2. The predicted molar refractivity (Wildman–Crippen MR) is 121 cm³/mol. The van der Waals surface area contributed by atoms with Crippen LogP contribution in [0.1, 0.15) is 41.6 Å². The third-order valence-corrected chi connectivity index (χ3v) is 7.23. The molecule has 6 nitrogen and oxygen atoms in total. The molecule has 168 valence electrons. The quantitative estimate of drug-likeness (QED) is 0.374. The number of rotatable bonds is 7. The highest BCUT2D eigenvalue weighted by molar-refractivity contribution is 7.91. The minimum absolute atomic E-state index is 0.0202. The molecular formula is C23H22ClFN2O4S. The Morgan fingerprint density at radius 2 is 1.94 bits per heavy atom. The Hall–Kier alpha value is -2.73. The summed E-state index contributed by atoms with van der Waals surface area (Å²) in [6.07, 6.45) is 6.83. The van der Waals surface area contributed by atoms with Crippen LogP contribution in [0.4, 0.5) is 10.1 Å². The van der Waals surface area contributed by atoms with Crippen molar-refractivity contribution in [2.75, 3.05) is 10.7 Å². The number of carbonyl (C=O) groups excluding carboxylic acids is 2. The van der Waals surface area contributed by atoms with Gasteiger partial charge in [-0.05, 0) is 42.7 Å². The molecule has 1 aliphatic rings. The van der Waals surface area contributed by atoms with Crippen molar-refractivity contribution in [1.29, 1.82) is 0 Å². The van der Waals surface area contributed by atoms with E-state index in [1.807, 2.05) is 0 Å². The molecule has 2 aromatic rings. The van der Waals surface area contributed by atoms with Crippen molar-refractivity contribution >= 4 is 38.8 Å². The van der Waals surface area contributed by atoms with Gasteiger partial charge in [-0.25, -0.2) is 12.8 Å². The van der Waals surface area contributed by atoms with Crippen LogP contribution in [0.5, 0.6) is 0 Å². The molecule has 1 aliphatic heterocycles. The second kappa shape index (κ2) is 9.82. The number of anilines is 1. The summed E-state index contributed by atoms with van der Waals surface area (Å²) in [6.45, 7) is -0.0202. The van der Waals surface area contributed by atoms with Crippen LogP contribution >= 0.6 is 11.6 Å². The van der Waals surface area contributed by atoms with E-state index in [1.54, 1.807) is 24.3 Å². The fourth-order valence-electron chi connectivity index (χ4n) is 3.52. The molecule has 2 N–H and O–H groups in total. The molecular weight excluding hydrogens is 455 g/mol. The van der Waals surface area contributed by atoms with Crippen LogP contribution in [-0.2, 0) is 21.2 Å². The molecule has 0 aliphatic carbocycles. The molecule has 3 rings (SSSR count). The molecule has 0 radical (unpaired) electrons. The van der Waals surface area contributed by atoms with E-state index in [1.165, 1.54) is 4.90 Å². The molecule has 0 unspecified atom stereocenters. The summed E-state index contributed by atoms with van der Waals surface area (Å²) in [5.74, 6) is -0.269. The fraction of sp³-hybridized carbons (Fsp3) is 0.304. The molecule has 0 saturated carbocycles. The van der Waals surface area contributed by atoms with Gasteiger partial charge in [0.15, 0.2) is 15.6 Å². The Morgan fingerprint density at radius 3 is 2.59 bits per heavy atom. The maximum absolute atomic E-state index is 14.8. The first-order valence-corrected chi connectivity index (χ1v) is 12.0. The van der Waals surface area contributed by atoms with Crippen molar-refractivity contribution in [3.8, 4) is 12.3 Å².